The minimum atomic E-state index is 0.610. The molecule has 2 heterocycles. The van der Waals surface area contributed by atoms with Gasteiger partial charge in [0.15, 0.2) is 4.96 Å². The second-order valence-corrected chi connectivity index (χ2v) is 6.79. The van der Waals surface area contributed by atoms with E-state index in [-0.39, 0.29) is 0 Å². The number of imidazole rings is 1. The summed E-state index contributed by atoms with van der Waals surface area (Å²) in [4.78, 5) is 5.54. The van der Waals surface area contributed by atoms with E-state index in [0.29, 0.717) is 6.04 Å². The lowest BCUT2D eigenvalue weighted by atomic mass is 9.83. The van der Waals surface area contributed by atoms with E-state index in [4.69, 9.17) is 4.74 Å². The first-order valence-electron chi connectivity index (χ1n) is 8.05. The molecule has 1 atom stereocenters. The van der Waals surface area contributed by atoms with Gasteiger partial charge in [0.1, 0.15) is 5.69 Å². The van der Waals surface area contributed by atoms with Crippen LogP contribution in [0.4, 0.5) is 0 Å². The molecule has 1 unspecified atom stereocenters. The lowest BCUT2D eigenvalue weighted by Crippen LogP contribution is -2.36. The second kappa shape index (κ2) is 6.79. The summed E-state index contributed by atoms with van der Waals surface area (Å²) in [5.74, 6) is 1.59. The molecule has 1 fully saturated rings. The average molecular weight is 307 g/mol. The van der Waals surface area contributed by atoms with Gasteiger partial charge in [-0.3, -0.25) is 4.40 Å². The molecule has 1 aliphatic carbocycles. The zero-order valence-corrected chi connectivity index (χ0v) is 13.8. The molecule has 0 aromatic carbocycles. The van der Waals surface area contributed by atoms with Crippen LogP contribution >= 0.6 is 11.3 Å². The van der Waals surface area contributed by atoms with Crippen molar-refractivity contribution in [3.8, 4) is 5.88 Å². The van der Waals surface area contributed by atoms with E-state index in [1.54, 1.807) is 18.4 Å². The number of hydrogen-bond acceptors (Lipinski definition) is 4. The highest BCUT2D eigenvalue weighted by atomic mass is 32.1. The molecule has 2 aromatic rings. The van der Waals surface area contributed by atoms with Gasteiger partial charge in [0, 0.05) is 24.2 Å². The van der Waals surface area contributed by atoms with E-state index in [1.807, 2.05) is 0 Å². The molecule has 1 saturated carbocycles. The quantitative estimate of drug-likeness (QED) is 0.881. The molecule has 3 rings (SSSR count). The summed E-state index contributed by atoms with van der Waals surface area (Å²) in [6.45, 7) is 3.12. The summed E-state index contributed by atoms with van der Waals surface area (Å²) < 4.78 is 7.58. The first-order chi connectivity index (χ1) is 10.3. The number of rotatable bonds is 6. The monoisotopic (exact) mass is 307 g/mol. The molecule has 0 radical (unpaired) electrons. The molecule has 116 valence electrons. The highest BCUT2D eigenvalue weighted by Crippen LogP contribution is 2.29. The Balaban J connectivity index is 1.70. The van der Waals surface area contributed by atoms with Crippen molar-refractivity contribution >= 4 is 16.3 Å². The molecule has 0 aliphatic heterocycles. The Kier molecular flexibility index (Phi) is 4.80. The lowest BCUT2D eigenvalue weighted by Gasteiger charge is -2.30. The van der Waals surface area contributed by atoms with Crippen LogP contribution in [0.25, 0.3) is 4.96 Å². The van der Waals surface area contributed by atoms with Gasteiger partial charge in [-0.15, -0.1) is 11.3 Å². The number of aromatic nitrogens is 2. The summed E-state index contributed by atoms with van der Waals surface area (Å²) in [5.41, 5.74) is 1.14. The Morgan fingerprint density at radius 1 is 1.43 bits per heavy atom. The van der Waals surface area contributed by atoms with Crippen LogP contribution in [-0.4, -0.2) is 22.5 Å². The van der Waals surface area contributed by atoms with Crippen LogP contribution in [0.5, 0.6) is 5.88 Å². The van der Waals surface area contributed by atoms with Gasteiger partial charge < -0.3 is 10.1 Å². The van der Waals surface area contributed by atoms with Crippen LogP contribution in [0, 0.1) is 5.92 Å². The van der Waals surface area contributed by atoms with Gasteiger partial charge in [0.2, 0.25) is 5.88 Å². The first kappa shape index (κ1) is 14.9. The maximum atomic E-state index is 5.43. The second-order valence-electron chi connectivity index (χ2n) is 5.92. The Hall–Kier alpha value is -1.07. The highest BCUT2D eigenvalue weighted by molar-refractivity contribution is 7.15. The SMILES string of the molecule is CCC(NCc1c(OC)nc2sccn12)C1CCCCC1. The van der Waals surface area contributed by atoms with Crippen molar-refractivity contribution in [3.05, 3.63) is 17.3 Å². The van der Waals surface area contributed by atoms with E-state index in [2.05, 4.69) is 33.2 Å². The molecule has 0 spiro atoms. The minimum absolute atomic E-state index is 0.610. The maximum Gasteiger partial charge on any atom is 0.237 e. The van der Waals surface area contributed by atoms with Crippen molar-refractivity contribution in [2.75, 3.05) is 7.11 Å². The van der Waals surface area contributed by atoms with Crippen LogP contribution in [0.15, 0.2) is 11.6 Å². The zero-order chi connectivity index (χ0) is 14.7. The fraction of sp³-hybridized carbons (Fsp3) is 0.688. The van der Waals surface area contributed by atoms with Crippen molar-refractivity contribution in [2.45, 2.75) is 58.0 Å². The standard InChI is InChI=1S/C16H25N3OS/c1-3-13(12-7-5-4-6-8-12)17-11-14-15(20-2)18-16-19(14)9-10-21-16/h9-10,12-13,17H,3-8,11H2,1-2H3. The fourth-order valence-corrected chi connectivity index (χ4v) is 4.27. The minimum Gasteiger partial charge on any atom is -0.480 e. The molecule has 1 aliphatic rings. The summed E-state index contributed by atoms with van der Waals surface area (Å²) in [5, 5.41) is 5.84. The van der Waals surface area contributed by atoms with Crippen LogP contribution < -0.4 is 10.1 Å². The smallest absolute Gasteiger partial charge is 0.237 e. The molecule has 0 amide bonds. The van der Waals surface area contributed by atoms with Gasteiger partial charge in [0.05, 0.1) is 7.11 Å². The van der Waals surface area contributed by atoms with Crippen LogP contribution in [0.1, 0.15) is 51.1 Å². The van der Waals surface area contributed by atoms with Gasteiger partial charge in [0.25, 0.3) is 0 Å². The van der Waals surface area contributed by atoms with Gasteiger partial charge in [-0.1, -0.05) is 26.2 Å². The molecule has 21 heavy (non-hydrogen) atoms. The third-order valence-electron chi connectivity index (χ3n) is 4.71. The summed E-state index contributed by atoms with van der Waals surface area (Å²) >= 11 is 1.65. The number of nitrogens with one attached hydrogen (secondary N) is 1. The molecule has 0 saturated heterocycles. The average Bonchev–Trinajstić information content (AvgIpc) is 3.10. The van der Waals surface area contributed by atoms with Crippen LogP contribution in [-0.2, 0) is 6.54 Å². The summed E-state index contributed by atoms with van der Waals surface area (Å²) in [6, 6.07) is 0.610. The Morgan fingerprint density at radius 3 is 2.95 bits per heavy atom. The number of hydrogen-bond donors (Lipinski definition) is 1. The highest BCUT2D eigenvalue weighted by Gasteiger charge is 2.23. The molecule has 5 heteroatoms. The third-order valence-corrected chi connectivity index (χ3v) is 5.46. The van der Waals surface area contributed by atoms with Gasteiger partial charge in [-0.25, -0.2) is 0 Å². The summed E-state index contributed by atoms with van der Waals surface area (Å²) in [6.07, 6.45) is 10.2. The number of thiazole rings is 1. The lowest BCUT2D eigenvalue weighted by molar-refractivity contribution is 0.260. The third kappa shape index (κ3) is 3.09. The van der Waals surface area contributed by atoms with Crippen molar-refractivity contribution in [3.63, 3.8) is 0 Å². The predicted molar refractivity (Wildman–Crippen MR) is 87.1 cm³/mol. The number of methoxy groups -OCH3 is 1. The largest absolute Gasteiger partial charge is 0.480 e. The number of nitrogens with zero attached hydrogens (tertiary/aromatic N) is 2. The van der Waals surface area contributed by atoms with E-state index in [1.165, 1.54) is 38.5 Å². The van der Waals surface area contributed by atoms with Gasteiger partial charge in [-0.05, 0) is 25.2 Å². The number of fused-ring (bicyclic) bond motifs is 1. The Labute approximate surface area is 130 Å². The topological polar surface area (TPSA) is 38.6 Å². The normalized spacial score (nSPS) is 18.2. The number of ether oxygens (including phenoxy) is 1. The molecule has 4 nitrogen and oxygen atoms in total. The van der Waals surface area contributed by atoms with Crippen molar-refractivity contribution in [2.24, 2.45) is 5.92 Å². The van der Waals surface area contributed by atoms with Crippen LogP contribution in [0.2, 0.25) is 0 Å². The van der Waals surface area contributed by atoms with Gasteiger partial charge in [-0.2, -0.15) is 4.98 Å². The van der Waals surface area contributed by atoms with E-state index >= 15 is 0 Å². The van der Waals surface area contributed by atoms with E-state index in [9.17, 15) is 0 Å². The zero-order valence-electron chi connectivity index (χ0n) is 13.0. The predicted octanol–water partition coefficient (Wildman–Crippen LogP) is 3.85. The molecule has 0 bridgehead atoms. The van der Waals surface area contributed by atoms with E-state index in [0.717, 1.165) is 29.0 Å². The van der Waals surface area contributed by atoms with Crippen molar-refractivity contribution in [1.82, 2.24) is 14.7 Å². The van der Waals surface area contributed by atoms with Crippen LogP contribution in [0.3, 0.4) is 0 Å². The molecule has 1 N–H and O–H groups in total. The Bertz CT molecular complexity index is 571. The fourth-order valence-electron chi connectivity index (χ4n) is 3.55. The van der Waals surface area contributed by atoms with Crippen molar-refractivity contribution < 1.29 is 4.74 Å². The molecule has 2 aromatic heterocycles. The first-order valence-corrected chi connectivity index (χ1v) is 8.93. The summed E-state index contributed by atoms with van der Waals surface area (Å²) in [7, 11) is 1.70. The molecular formula is C16H25N3OS. The van der Waals surface area contributed by atoms with Crippen molar-refractivity contribution in [1.29, 1.82) is 0 Å². The molecular weight excluding hydrogens is 282 g/mol. The van der Waals surface area contributed by atoms with Gasteiger partial charge >= 0.3 is 0 Å². The van der Waals surface area contributed by atoms with E-state index < -0.39 is 0 Å². The maximum absolute atomic E-state index is 5.43. The Morgan fingerprint density at radius 2 is 2.24 bits per heavy atom.